The average molecular weight is 395 g/mol. The van der Waals surface area contributed by atoms with E-state index in [1.807, 2.05) is 54.2 Å². The number of fused-ring (bicyclic) bond motifs is 2. The molecule has 3 aromatic heterocycles. The van der Waals surface area contributed by atoms with Gasteiger partial charge in [0.2, 0.25) is 5.88 Å². The van der Waals surface area contributed by atoms with Gasteiger partial charge in [-0.3, -0.25) is 4.79 Å². The van der Waals surface area contributed by atoms with Crippen LogP contribution in [0.25, 0.3) is 5.13 Å². The predicted molar refractivity (Wildman–Crippen MR) is 107 cm³/mol. The normalized spacial score (nSPS) is 23.8. The van der Waals surface area contributed by atoms with E-state index in [4.69, 9.17) is 4.74 Å². The first-order valence-corrected chi connectivity index (χ1v) is 10.5. The molecule has 0 aliphatic carbocycles. The number of aromatic nitrogens is 3. The Morgan fingerprint density at radius 1 is 1.14 bits per heavy atom. The number of thiazole rings is 1. The van der Waals surface area contributed by atoms with Crippen LogP contribution in [0.15, 0.2) is 48.9 Å². The summed E-state index contributed by atoms with van der Waals surface area (Å²) in [4.78, 5) is 25.1. The second-order valence-corrected chi connectivity index (χ2v) is 8.46. The van der Waals surface area contributed by atoms with Crippen molar-refractivity contribution < 1.29 is 9.53 Å². The largest absolute Gasteiger partial charge is 0.474 e. The van der Waals surface area contributed by atoms with Crippen LogP contribution in [0.1, 0.15) is 41.0 Å². The Morgan fingerprint density at radius 2 is 1.89 bits per heavy atom. The van der Waals surface area contributed by atoms with Crippen molar-refractivity contribution in [2.24, 2.45) is 0 Å². The van der Waals surface area contributed by atoms with Crippen molar-refractivity contribution in [3.8, 4) is 11.0 Å². The van der Waals surface area contributed by atoms with Crippen molar-refractivity contribution in [1.29, 1.82) is 0 Å². The van der Waals surface area contributed by atoms with Crippen molar-refractivity contribution in [3.05, 3.63) is 59.5 Å². The lowest BCUT2D eigenvalue weighted by Crippen LogP contribution is -2.49. The van der Waals surface area contributed by atoms with Crippen LogP contribution in [-0.2, 0) is 0 Å². The number of aryl methyl sites for hydroxylation is 1. The molecule has 2 atom stereocenters. The monoisotopic (exact) mass is 394 g/mol. The summed E-state index contributed by atoms with van der Waals surface area (Å²) in [7, 11) is 0. The summed E-state index contributed by atoms with van der Waals surface area (Å²) in [6.45, 7) is 1.93. The van der Waals surface area contributed by atoms with Gasteiger partial charge in [-0.2, -0.15) is 0 Å². The molecule has 2 saturated heterocycles. The molecule has 144 valence electrons. The summed E-state index contributed by atoms with van der Waals surface area (Å²) in [5, 5.41) is 0.839. The fourth-order valence-electron chi connectivity index (χ4n) is 4.41. The van der Waals surface area contributed by atoms with Gasteiger partial charge in [0.25, 0.3) is 5.91 Å². The highest BCUT2D eigenvalue weighted by Gasteiger charge is 2.45. The Morgan fingerprint density at radius 3 is 2.57 bits per heavy atom. The molecule has 2 aliphatic heterocycles. The van der Waals surface area contributed by atoms with Crippen molar-refractivity contribution in [2.75, 3.05) is 0 Å². The number of pyridine rings is 1. The van der Waals surface area contributed by atoms with Crippen LogP contribution in [0.3, 0.4) is 0 Å². The summed E-state index contributed by atoms with van der Waals surface area (Å²) in [5.41, 5.74) is 0.810. The van der Waals surface area contributed by atoms with Gasteiger partial charge in [-0.1, -0.05) is 17.4 Å². The number of carbonyl (C=O) groups excluding carboxylic acids is 1. The molecule has 6 nitrogen and oxygen atoms in total. The highest BCUT2D eigenvalue weighted by Crippen LogP contribution is 2.39. The van der Waals surface area contributed by atoms with Gasteiger partial charge in [-0.05, 0) is 38.0 Å². The van der Waals surface area contributed by atoms with Crippen molar-refractivity contribution in [3.63, 3.8) is 0 Å². The molecule has 0 spiro atoms. The smallest absolute Gasteiger partial charge is 0.266 e. The van der Waals surface area contributed by atoms with Gasteiger partial charge in [-0.15, -0.1) is 0 Å². The minimum Gasteiger partial charge on any atom is -0.474 e. The number of hydrogen-bond acceptors (Lipinski definition) is 5. The minimum absolute atomic E-state index is 0.120. The van der Waals surface area contributed by atoms with E-state index in [1.54, 1.807) is 6.20 Å². The fraction of sp³-hybridized carbons (Fsp3) is 0.381. The summed E-state index contributed by atoms with van der Waals surface area (Å²) in [5.74, 6) is 0.790. The topological polar surface area (TPSA) is 60.2 Å². The SMILES string of the molecule is Cc1nc(-n2cccc2)sc1C(=O)N1C2CCC1CC(Oc1ccccn1)C2. The molecule has 0 radical (unpaired) electrons. The van der Waals surface area contributed by atoms with Gasteiger partial charge < -0.3 is 14.2 Å². The van der Waals surface area contributed by atoms with Crippen LogP contribution >= 0.6 is 11.3 Å². The highest BCUT2D eigenvalue weighted by molar-refractivity contribution is 7.16. The first-order chi connectivity index (χ1) is 13.7. The molecule has 5 rings (SSSR count). The van der Waals surface area contributed by atoms with E-state index in [0.717, 1.165) is 41.4 Å². The van der Waals surface area contributed by atoms with E-state index >= 15 is 0 Å². The summed E-state index contributed by atoms with van der Waals surface area (Å²) < 4.78 is 8.04. The summed E-state index contributed by atoms with van der Waals surface area (Å²) in [6, 6.07) is 10.1. The number of hydrogen-bond donors (Lipinski definition) is 0. The maximum Gasteiger partial charge on any atom is 0.266 e. The highest BCUT2D eigenvalue weighted by atomic mass is 32.1. The van der Waals surface area contributed by atoms with Crippen LogP contribution in [0, 0.1) is 6.92 Å². The lowest BCUT2D eigenvalue weighted by atomic mass is 9.99. The molecule has 0 aromatic carbocycles. The first kappa shape index (κ1) is 17.4. The van der Waals surface area contributed by atoms with Gasteiger partial charge in [0.05, 0.1) is 5.69 Å². The Bertz CT molecular complexity index is 956. The Kier molecular flexibility index (Phi) is 4.39. The van der Waals surface area contributed by atoms with Crippen molar-refractivity contribution >= 4 is 17.2 Å². The maximum absolute atomic E-state index is 13.4. The number of piperidine rings is 1. The average Bonchev–Trinajstić information content (AvgIpc) is 3.41. The molecule has 2 unspecified atom stereocenters. The van der Waals surface area contributed by atoms with E-state index in [0.29, 0.717) is 5.88 Å². The molecule has 5 heterocycles. The van der Waals surface area contributed by atoms with Gasteiger partial charge in [-0.25, -0.2) is 9.97 Å². The molecule has 3 aromatic rings. The maximum atomic E-state index is 13.4. The summed E-state index contributed by atoms with van der Waals surface area (Å²) in [6.07, 6.45) is 9.59. The third-order valence-corrected chi connectivity index (χ3v) is 6.81. The number of rotatable bonds is 4. The number of carbonyl (C=O) groups is 1. The number of ether oxygens (including phenoxy) is 1. The van der Waals surface area contributed by atoms with Gasteiger partial charge in [0, 0.05) is 49.6 Å². The Balaban J connectivity index is 1.33. The number of nitrogens with zero attached hydrogens (tertiary/aromatic N) is 4. The quantitative estimate of drug-likeness (QED) is 0.674. The van der Waals surface area contributed by atoms with Crippen LogP contribution in [0.4, 0.5) is 0 Å². The minimum atomic E-state index is 0.120. The van der Waals surface area contributed by atoms with Crippen LogP contribution in [0.2, 0.25) is 0 Å². The van der Waals surface area contributed by atoms with E-state index in [1.165, 1.54) is 11.3 Å². The predicted octanol–water partition coefficient (Wildman–Crippen LogP) is 3.85. The van der Waals surface area contributed by atoms with Gasteiger partial charge in [0.1, 0.15) is 11.0 Å². The van der Waals surface area contributed by atoms with Crippen molar-refractivity contribution in [1.82, 2.24) is 19.4 Å². The van der Waals surface area contributed by atoms with E-state index < -0.39 is 0 Å². The Labute approximate surface area is 167 Å². The molecule has 0 saturated carbocycles. The molecule has 2 aliphatic rings. The second kappa shape index (κ2) is 7.05. The molecule has 2 fully saturated rings. The molecular weight excluding hydrogens is 372 g/mol. The third kappa shape index (κ3) is 3.09. The zero-order valence-corrected chi connectivity index (χ0v) is 16.5. The zero-order valence-electron chi connectivity index (χ0n) is 15.7. The fourth-order valence-corrected chi connectivity index (χ4v) is 5.39. The molecule has 2 bridgehead atoms. The van der Waals surface area contributed by atoms with Crippen LogP contribution < -0.4 is 4.74 Å². The Hall–Kier alpha value is -2.67. The van der Waals surface area contributed by atoms with Crippen molar-refractivity contribution in [2.45, 2.75) is 50.8 Å². The van der Waals surface area contributed by atoms with Gasteiger partial charge >= 0.3 is 0 Å². The molecule has 1 amide bonds. The van der Waals surface area contributed by atoms with Crippen LogP contribution in [-0.4, -0.2) is 43.5 Å². The van der Waals surface area contributed by atoms with E-state index in [2.05, 4.69) is 14.9 Å². The summed E-state index contributed by atoms with van der Waals surface area (Å²) >= 11 is 1.47. The standard InChI is InChI=1S/C21H22N4O2S/c1-14-19(28-21(23-14)24-10-4-5-11-24)20(26)25-15-7-8-16(25)13-17(12-15)27-18-6-2-3-9-22-18/h2-6,9-11,15-17H,7-8,12-13H2,1H3. The molecular formula is C21H22N4O2S. The zero-order chi connectivity index (χ0) is 19.1. The first-order valence-electron chi connectivity index (χ1n) is 9.70. The number of amides is 1. The molecule has 0 N–H and O–H groups in total. The third-order valence-electron chi connectivity index (χ3n) is 5.65. The molecule has 28 heavy (non-hydrogen) atoms. The van der Waals surface area contributed by atoms with Crippen LogP contribution in [0.5, 0.6) is 5.88 Å². The lowest BCUT2D eigenvalue weighted by molar-refractivity contribution is 0.0351. The van der Waals surface area contributed by atoms with Gasteiger partial charge in [0.15, 0.2) is 5.13 Å². The van der Waals surface area contributed by atoms with E-state index in [9.17, 15) is 4.79 Å². The second-order valence-electron chi connectivity index (χ2n) is 7.48. The lowest BCUT2D eigenvalue weighted by Gasteiger charge is -2.38. The molecule has 7 heteroatoms. The van der Waals surface area contributed by atoms with E-state index in [-0.39, 0.29) is 24.1 Å².